The first-order valence-electron chi connectivity index (χ1n) is 8.32. The van der Waals surface area contributed by atoms with E-state index in [0.29, 0.717) is 18.8 Å². The van der Waals surface area contributed by atoms with Crippen LogP contribution < -0.4 is 4.90 Å². The predicted octanol–water partition coefficient (Wildman–Crippen LogP) is 1.83. The Labute approximate surface area is 146 Å². The zero-order valence-electron chi connectivity index (χ0n) is 14.5. The van der Waals surface area contributed by atoms with Crippen LogP contribution in [0.3, 0.4) is 0 Å². The molecule has 0 aromatic heterocycles. The molecule has 136 valence electrons. The molecule has 1 heterocycles. The lowest BCUT2D eigenvalue weighted by atomic mass is 9.98. The van der Waals surface area contributed by atoms with Gasteiger partial charge >= 0.3 is 5.97 Å². The van der Waals surface area contributed by atoms with E-state index in [1.165, 1.54) is 17.0 Å². The maximum absolute atomic E-state index is 12.5. The fourth-order valence-electron chi connectivity index (χ4n) is 2.89. The Kier molecular flexibility index (Phi) is 6.46. The number of carbonyl (C=O) groups is 2. The molecular weight excluding hydrogens is 326 g/mol. The Morgan fingerprint density at radius 2 is 2.04 bits per heavy atom. The Balaban J connectivity index is 1.93. The lowest BCUT2D eigenvalue weighted by Crippen LogP contribution is -2.45. The van der Waals surface area contributed by atoms with Gasteiger partial charge in [0.05, 0.1) is 24.0 Å². The summed E-state index contributed by atoms with van der Waals surface area (Å²) in [6.45, 7) is 3.61. The van der Waals surface area contributed by atoms with Gasteiger partial charge < -0.3 is 9.64 Å². The summed E-state index contributed by atoms with van der Waals surface area (Å²) in [7, 11) is 1.64. The number of ether oxygens (including phenoxy) is 1. The molecule has 0 radical (unpaired) electrons. The van der Waals surface area contributed by atoms with Gasteiger partial charge in [0.15, 0.2) is 0 Å². The molecule has 1 atom stereocenters. The van der Waals surface area contributed by atoms with Gasteiger partial charge in [0.25, 0.3) is 5.69 Å². The van der Waals surface area contributed by atoms with Crippen LogP contribution in [0, 0.1) is 16.0 Å². The molecule has 1 aliphatic heterocycles. The van der Waals surface area contributed by atoms with Crippen LogP contribution in [0.2, 0.25) is 0 Å². The van der Waals surface area contributed by atoms with Crippen molar-refractivity contribution in [1.29, 1.82) is 0 Å². The van der Waals surface area contributed by atoms with Crippen LogP contribution in [0.5, 0.6) is 0 Å². The van der Waals surface area contributed by atoms with Gasteiger partial charge in [-0.2, -0.15) is 0 Å². The fraction of sp³-hybridized carbons (Fsp3) is 0.529. The van der Waals surface area contributed by atoms with Crippen molar-refractivity contribution in [2.24, 2.45) is 5.92 Å². The minimum Gasteiger partial charge on any atom is -0.466 e. The number of non-ortho nitro benzene ring substituents is 1. The molecule has 1 fully saturated rings. The Morgan fingerprint density at radius 3 is 2.64 bits per heavy atom. The summed E-state index contributed by atoms with van der Waals surface area (Å²) in [5, 5.41) is 10.7. The van der Waals surface area contributed by atoms with E-state index in [9.17, 15) is 19.7 Å². The molecule has 0 N–H and O–H groups in total. The highest BCUT2D eigenvalue weighted by Crippen LogP contribution is 2.20. The maximum Gasteiger partial charge on any atom is 0.310 e. The number of nitro groups is 1. The van der Waals surface area contributed by atoms with Gasteiger partial charge in [-0.1, -0.05) is 0 Å². The second-order valence-electron chi connectivity index (χ2n) is 6.05. The third-order valence-electron chi connectivity index (χ3n) is 4.31. The number of likely N-dealkylation sites (N-methyl/N-ethyl adjacent to an activating group) is 1. The van der Waals surface area contributed by atoms with E-state index in [1.54, 1.807) is 26.1 Å². The van der Waals surface area contributed by atoms with E-state index in [2.05, 4.69) is 0 Å². The number of amides is 1. The lowest BCUT2D eigenvalue weighted by molar-refractivity contribution is -0.384. The molecule has 1 aromatic carbocycles. The first kappa shape index (κ1) is 18.9. The van der Waals surface area contributed by atoms with Crippen molar-refractivity contribution >= 4 is 23.3 Å². The predicted molar refractivity (Wildman–Crippen MR) is 92.3 cm³/mol. The highest BCUT2D eigenvalue weighted by molar-refractivity contribution is 5.94. The molecule has 1 amide bonds. The quantitative estimate of drug-likeness (QED) is 0.442. The van der Waals surface area contributed by atoms with E-state index < -0.39 is 4.92 Å². The molecule has 0 saturated carbocycles. The number of rotatable bonds is 6. The van der Waals surface area contributed by atoms with Crippen LogP contribution in [0.15, 0.2) is 24.3 Å². The van der Waals surface area contributed by atoms with Crippen molar-refractivity contribution in [3.8, 4) is 0 Å². The van der Waals surface area contributed by atoms with Crippen molar-refractivity contribution in [2.45, 2.75) is 19.8 Å². The number of nitrogens with zero attached hydrogens (tertiary/aromatic N) is 3. The molecule has 0 aliphatic carbocycles. The zero-order valence-corrected chi connectivity index (χ0v) is 14.5. The van der Waals surface area contributed by atoms with Crippen LogP contribution in [-0.4, -0.2) is 55.0 Å². The summed E-state index contributed by atoms with van der Waals surface area (Å²) in [6.07, 6.45) is 1.62. The van der Waals surface area contributed by atoms with Crippen LogP contribution in [0.4, 0.5) is 11.4 Å². The summed E-state index contributed by atoms with van der Waals surface area (Å²) in [6, 6.07) is 5.84. The smallest absolute Gasteiger partial charge is 0.310 e. The molecule has 8 nitrogen and oxygen atoms in total. The SMILES string of the molecule is CCOC(=O)C1CCCN(CC(=O)N(C)c2ccc([N+](=O)[O-])cc2)C1. The van der Waals surface area contributed by atoms with Gasteiger partial charge in [-0.3, -0.25) is 24.6 Å². The Morgan fingerprint density at radius 1 is 1.36 bits per heavy atom. The van der Waals surface area contributed by atoms with Gasteiger partial charge in [-0.15, -0.1) is 0 Å². The number of hydrogen-bond donors (Lipinski definition) is 0. The van der Waals surface area contributed by atoms with E-state index >= 15 is 0 Å². The molecule has 8 heteroatoms. The first-order valence-corrected chi connectivity index (χ1v) is 8.32. The molecule has 1 aromatic rings. The molecule has 0 bridgehead atoms. The third kappa shape index (κ3) is 4.99. The van der Waals surface area contributed by atoms with Gasteiger partial charge in [-0.05, 0) is 38.4 Å². The molecule has 0 spiro atoms. The summed E-state index contributed by atoms with van der Waals surface area (Å²) >= 11 is 0. The molecule has 2 rings (SSSR count). The van der Waals surface area contributed by atoms with Crippen LogP contribution in [0.1, 0.15) is 19.8 Å². The third-order valence-corrected chi connectivity index (χ3v) is 4.31. The minimum absolute atomic E-state index is 0.0158. The number of carbonyl (C=O) groups excluding carboxylic acids is 2. The number of piperidine rings is 1. The maximum atomic E-state index is 12.5. The fourth-order valence-corrected chi connectivity index (χ4v) is 2.89. The number of esters is 1. The Bertz CT molecular complexity index is 632. The molecule has 1 saturated heterocycles. The monoisotopic (exact) mass is 349 g/mol. The van der Waals surface area contributed by atoms with Crippen molar-refractivity contribution in [2.75, 3.05) is 38.2 Å². The van der Waals surface area contributed by atoms with Crippen molar-refractivity contribution in [3.05, 3.63) is 34.4 Å². The highest BCUT2D eigenvalue weighted by atomic mass is 16.6. The highest BCUT2D eigenvalue weighted by Gasteiger charge is 2.28. The average molecular weight is 349 g/mol. The van der Waals surface area contributed by atoms with E-state index in [1.807, 2.05) is 4.90 Å². The molecule has 1 aliphatic rings. The number of benzene rings is 1. The second-order valence-corrected chi connectivity index (χ2v) is 6.05. The van der Waals surface area contributed by atoms with Crippen LogP contribution >= 0.6 is 0 Å². The molecule has 1 unspecified atom stereocenters. The largest absolute Gasteiger partial charge is 0.466 e. The number of likely N-dealkylation sites (tertiary alicyclic amines) is 1. The summed E-state index contributed by atoms with van der Waals surface area (Å²) in [4.78, 5) is 38.0. The second kappa shape index (κ2) is 8.57. The lowest BCUT2D eigenvalue weighted by Gasteiger charge is -2.32. The van der Waals surface area contributed by atoms with Gasteiger partial charge in [0.2, 0.25) is 5.91 Å². The number of hydrogen-bond acceptors (Lipinski definition) is 6. The van der Waals surface area contributed by atoms with E-state index in [-0.39, 0.29) is 30.0 Å². The van der Waals surface area contributed by atoms with Crippen molar-refractivity contribution < 1.29 is 19.2 Å². The number of anilines is 1. The summed E-state index contributed by atoms with van der Waals surface area (Å²) < 4.78 is 5.07. The minimum atomic E-state index is -0.477. The number of nitro benzene ring substituents is 1. The van der Waals surface area contributed by atoms with Gasteiger partial charge in [-0.25, -0.2) is 0 Å². The summed E-state index contributed by atoms with van der Waals surface area (Å²) in [5.41, 5.74) is 0.576. The zero-order chi connectivity index (χ0) is 18.4. The normalized spacial score (nSPS) is 17.8. The standard InChI is InChI=1S/C17H23N3O5/c1-3-25-17(22)13-5-4-10-19(11-13)12-16(21)18(2)14-6-8-15(9-7-14)20(23)24/h6-9,13H,3-5,10-12H2,1-2H3. The van der Waals surface area contributed by atoms with Gasteiger partial charge in [0.1, 0.15) is 0 Å². The van der Waals surface area contributed by atoms with Crippen LogP contribution in [0.25, 0.3) is 0 Å². The van der Waals surface area contributed by atoms with E-state index in [4.69, 9.17) is 4.74 Å². The van der Waals surface area contributed by atoms with Crippen molar-refractivity contribution in [1.82, 2.24) is 4.90 Å². The van der Waals surface area contributed by atoms with Crippen LogP contribution in [-0.2, 0) is 14.3 Å². The average Bonchev–Trinajstić information content (AvgIpc) is 2.61. The van der Waals surface area contributed by atoms with E-state index in [0.717, 1.165) is 19.4 Å². The first-order chi connectivity index (χ1) is 11.9. The Hall–Kier alpha value is -2.48. The summed E-state index contributed by atoms with van der Waals surface area (Å²) in [5.74, 6) is -0.520. The van der Waals surface area contributed by atoms with Gasteiger partial charge in [0, 0.05) is 31.4 Å². The molecular formula is C17H23N3O5. The molecule has 25 heavy (non-hydrogen) atoms. The topological polar surface area (TPSA) is 93.0 Å². The van der Waals surface area contributed by atoms with Crippen molar-refractivity contribution in [3.63, 3.8) is 0 Å².